The van der Waals surface area contributed by atoms with E-state index in [4.69, 9.17) is 0 Å². The topological polar surface area (TPSA) is 49.4 Å². The molecule has 0 aromatic heterocycles. The molecule has 1 fully saturated rings. The van der Waals surface area contributed by atoms with Gasteiger partial charge in [0.1, 0.15) is 0 Å². The van der Waals surface area contributed by atoms with Crippen molar-refractivity contribution >= 4 is 15.5 Å². The van der Waals surface area contributed by atoms with E-state index in [0.29, 0.717) is 10.9 Å². The van der Waals surface area contributed by atoms with Gasteiger partial charge < -0.3 is 10.2 Å². The Labute approximate surface area is 128 Å². The minimum absolute atomic E-state index is 0.388. The van der Waals surface area contributed by atoms with Gasteiger partial charge in [-0.3, -0.25) is 0 Å². The highest BCUT2D eigenvalue weighted by atomic mass is 32.2. The van der Waals surface area contributed by atoms with E-state index in [0.717, 1.165) is 43.7 Å². The molecule has 0 spiro atoms. The Morgan fingerprint density at radius 3 is 2.71 bits per heavy atom. The highest BCUT2D eigenvalue weighted by molar-refractivity contribution is 7.90. The van der Waals surface area contributed by atoms with Gasteiger partial charge in [0.25, 0.3) is 0 Å². The van der Waals surface area contributed by atoms with Crippen LogP contribution in [0.3, 0.4) is 0 Å². The lowest BCUT2D eigenvalue weighted by Gasteiger charge is -2.20. The third-order valence-electron chi connectivity index (χ3n) is 4.26. The van der Waals surface area contributed by atoms with Crippen molar-refractivity contribution < 1.29 is 8.42 Å². The van der Waals surface area contributed by atoms with E-state index in [1.807, 2.05) is 13.0 Å². The first-order valence-corrected chi connectivity index (χ1v) is 9.59. The molecule has 0 radical (unpaired) electrons. The van der Waals surface area contributed by atoms with Gasteiger partial charge >= 0.3 is 0 Å². The zero-order chi connectivity index (χ0) is 15.5. The third kappa shape index (κ3) is 4.45. The molecule has 1 heterocycles. The predicted octanol–water partition coefficient (Wildman–Crippen LogP) is 2.68. The normalized spacial score (nSPS) is 21.0. The monoisotopic (exact) mass is 310 g/mol. The van der Waals surface area contributed by atoms with E-state index in [9.17, 15) is 8.42 Å². The minimum atomic E-state index is -3.15. The molecule has 5 heteroatoms. The van der Waals surface area contributed by atoms with Gasteiger partial charge in [0.15, 0.2) is 9.84 Å². The van der Waals surface area contributed by atoms with E-state index < -0.39 is 9.84 Å². The molecule has 1 aromatic carbocycles. The zero-order valence-corrected chi connectivity index (χ0v) is 14.0. The maximum absolute atomic E-state index is 11.7. The van der Waals surface area contributed by atoms with E-state index >= 15 is 0 Å². The first-order chi connectivity index (χ1) is 9.90. The number of nitrogens with zero attached hydrogens (tertiary/aromatic N) is 1. The lowest BCUT2D eigenvalue weighted by molar-refractivity contribution is 0.300. The zero-order valence-electron chi connectivity index (χ0n) is 13.2. The van der Waals surface area contributed by atoms with Crippen molar-refractivity contribution in [2.45, 2.75) is 44.0 Å². The van der Waals surface area contributed by atoms with Gasteiger partial charge in [-0.25, -0.2) is 8.42 Å². The Balaban J connectivity index is 2.12. The van der Waals surface area contributed by atoms with Crippen molar-refractivity contribution in [3.8, 4) is 0 Å². The van der Waals surface area contributed by atoms with E-state index in [1.54, 1.807) is 12.1 Å². The second kappa shape index (κ2) is 6.79. The van der Waals surface area contributed by atoms with Gasteiger partial charge in [-0.05, 0) is 57.0 Å². The largest absolute Gasteiger partial charge is 0.382 e. The molecule has 118 valence electrons. The number of sulfone groups is 1. The maximum Gasteiger partial charge on any atom is 0.175 e. The quantitative estimate of drug-likeness (QED) is 0.929. The molecule has 1 aliphatic rings. The molecule has 21 heavy (non-hydrogen) atoms. The van der Waals surface area contributed by atoms with Crippen molar-refractivity contribution in [2.24, 2.45) is 0 Å². The molecule has 0 amide bonds. The summed E-state index contributed by atoms with van der Waals surface area (Å²) in [6, 6.07) is 5.76. The fourth-order valence-electron chi connectivity index (χ4n) is 2.82. The van der Waals surface area contributed by atoms with Crippen LogP contribution in [0.5, 0.6) is 0 Å². The van der Waals surface area contributed by atoms with Crippen molar-refractivity contribution in [3.05, 3.63) is 23.8 Å². The summed E-state index contributed by atoms with van der Waals surface area (Å²) in [7, 11) is -3.15. The van der Waals surface area contributed by atoms with Crippen LogP contribution in [-0.2, 0) is 9.84 Å². The van der Waals surface area contributed by atoms with Gasteiger partial charge in [0.2, 0.25) is 0 Å². The molecule has 1 saturated heterocycles. The molecule has 0 saturated carbocycles. The molecular formula is C16H26N2O2S. The van der Waals surface area contributed by atoms with Crippen LogP contribution in [0.15, 0.2) is 23.1 Å². The van der Waals surface area contributed by atoms with Crippen LogP contribution in [0, 0.1) is 6.92 Å². The molecular weight excluding hydrogens is 284 g/mol. The Kier molecular flexibility index (Phi) is 5.27. The van der Waals surface area contributed by atoms with Crippen LogP contribution in [-0.4, -0.2) is 45.2 Å². The first-order valence-electron chi connectivity index (χ1n) is 7.69. The summed E-state index contributed by atoms with van der Waals surface area (Å²) >= 11 is 0. The van der Waals surface area contributed by atoms with Crippen LogP contribution < -0.4 is 5.32 Å². The molecule has 1 aliphatic heterocycles. The van der Waals surface area contributed by atoms with Gasteiger partial charge in [-0.2, -0.15) is 0 Å². The fraction of sp³-hybridized carbons (Fsp3) is 0.625. The fourth-order valence-corrected chi connectivity index (χ4v) is 3.47. The number of rotatable bonds is 4. The molecule has 1 atom stereocenters. The average Bonchev–Trinajstić information content (AvgIpc) is 2.65. The average molecular weight is 310 g/mol. The lowest BCUT2D eigenvalue weighted by atomic mass is 10.1. The SMILES string of the molecule is CCN1CCCC(Nc2cc(S(C)(=O)=O)ccc2C)CC1. The second-order valence-corrected chi connectivity index (χ2v) is 7.97. The maximum atomic E-state index is 11.7. The van der Waals surface area contributed by atoms with Crippen molar-refractivity contribution in [1.82, 2.24) is 4.90 Å². The van der Waals surface area contributed by atoms with Crippen molar-refractivity contribution in [2.75, 3.05) is 31.2 Å². The lowest BCUT2D eigenvalue weighted by Crippen LogP contribution is -2.26. The standard InChI is InChI=1S/C16H26N2O2S/c1-4-18-10-5-6-14(9-11-18)17-16-12-15(21(3,19)20)8-7-13(16)2/h7-8,12,14,17H,4-6,9-11H2,1-3H3. The van der Waals surface area contributed by atoms with Gasteiger partial charge in [0, 0.05) is 24.5 Å². The van der Waals surface area contributed by atoms with Crippen LogP contribution in [0.2, 0.25) is 0 Å². The van der Waals surface area contributed by atoms with Crippen molar-refractivity contribution in [1.29, 1.82) is 0 Å². The van der Waals surface area contributed by atoms with Gasteiger partial charge in [-0.1, -0.05) is 13.0 Å². The summed E-state index contributed by atoms with van der Waals surface area (Å²) < 4.78 is 23.4. The summed E-state index contributed by atoms with van der Waals surface area (Å²) in [5.74, 6) is 0. The number of nitrogens with one attached hydrogen (secondary N) is 1. The summed E-state index contributed by atoms with van der Waals surface area (Å²) in [6.45, 7) is 7.60. The predicted molar refractivity (Wildman–Crippen MR) is 87.7 cm³/mol. The summed E-state index contributed by atoms with van der Waals surface area (Å²) in [6.07, 6.45) is 4.69. The smallest absolute Gasteiger partial charge is 0.175 e. The molecule has 0 aliphatic carbocycles. The second-order valence-electron chi connectivity index (χ2n) is 5.96. The highest BCUT2D eigenvalue weighted by Gasteiger charge is 2.17. The van der Waals surface area contributed by atoms with Crippen LogP contribution in [0.25, 0.3) is 0 Å². The Morgan fingerprint density at radius 1 is 1.29 bits per heavy atom. The number of hydrogen-bond donors (Lipinski definition) is 1. The van der Waals surface area contributed by atoms with Gasteiger partial charge in [-0.15, -0.1) is 0 Å². The highest BCUT2D eigenvalue weighted by Crippen LogP contribution is 2.23. The number of hydrogen-bond acceptors (Lipinski definition) is 4. The van der Waals surface area contributed by atoms with E-state index in [1.165, 1.54) is 12.7 Å². The first kappa shape index (κ1) is 16.3. The summed E-state index contributed by atoms with van der Waals surface area (Å²) in [5.41, 5.74) is 2.05. The molecule has 2 rings (SSSR count). The molecule has 0 bridgehead atoms. The Morgan fingerprint density at radius 2 is 2.05 bits per heavy atom. The summed E-state index contributed by atoms with van der Waals surface area (Å²) in [4.78, 5) is 2.86. The van der Waals surface area contributed by atoms with Gasteiger partial charge in [0.05, 0.1) is 4.90 Å². The molecule has 1 aromatic rings. The Bertz CT molecular complexity index is 584. The van der Waals surface area contributed by atoms with Crippen LogP contribution in [0.4, 0.5) is 5.69 Å². The van der Waals surface area contributed by atoms with E-state index in [-0.39, 0.29) is 0 Å². The number of benzene rings is 1. The molecule has 4 nitrogen and oxygen atoms in total. The van der Waals surface area contributed by atoms with Crippen LogP contribution >= 0.6 is 0 Å². The van der Waals surface area contributed by atoms with Crippen molar-refractivity contribution in [3.63, 3.8) is 0 Å². The third-order valence-corrected chi connectivity index (χ3v) is 5.37. The molecule has 1 N–H and O–H groups in total. The number of likely N-dealkylation sites (tertiary alicyclic amines) is 1. The minimum Gasteiger partial charge on any atom is -0.382 e. The van der Waals surface area contributed by atoms with Crippen LogP contribution in [0.1, 0.15) is 31.7 Å². The number of aryl methyl sites for hydroxylation is 1. The van der Waals surface area contributed by atoms with E-state index in [2.05, 4.69) is 17.1 Å². The number of anilines is 1. The Hall–Kier alpha value is -1.07. The molecule has 1 unspecified atom stereocenters. The summed E-state index contributed by atoms with van der Waals surface area (Å²) in [5, 5.41) is 3.56.